The van der Waals surface area contributed by atoms with Gasteiger partial charge in [0, 0.05) is 56.1 Å². The quantitative estimate of drug-likeness (QED) is 0.464. The number of hydrogen-bond acceptors (Lipinski definition) is 6. The summed E-state index contributed by atoms with van der Waals surface area (Å²) >= 11 is 0. The second-order valence-electron chi connectivity index (χ2n) is 8.72. The summed E-state index contributed by atoms with van der Waals surface area (Å²) in [6.45, 7) is 12.6. The summed E-state index contributed by atoms with van der Waals surface area (Å²) in [5, 5.41) is 12.4. The van der Waals surface area contributed by atoms with Crippen LogP contribution in [0.2, 0.25) is 0 Å². The topological polar surface area (TPSA) is 77.1 Å². The van der Waals surface area contributed by atoms with Crippen LogP contribution in [0.4, 0.5) is 5.69 Å². The maximum Gasteiger partial charge on any atom is 0.274 e. The minimum Gasteiger partial charge on any atom is -0.379 e. The van der Waals surface area contributed by atoms with Gasteiger partial charge in [-0.3, -0.25) is 14.9 Å². The number of carbonyl (C=O) groups is 1. The van der Waals surface area contributed by atoms with Crippen LogP contribution >= 0.6 is 0 Å². The minimum absolute atomic E-state index is 0.436. The Labute approximate surface area is 196 Å². The van der Waals surface area contributed by atoms with E-state index in [1.807, 2.05) is 12.1 Å². The molecule has 2 aliphatic rings. The van der Waals surface area contributed by atoms with Crippen molar-refractivity contribution in [1.29, 1.82) is 0 Å². The van der Waals surface area contributed by atoms with Gasteiger partial charge in [0.2, 0.25) is 0 Å². The maximum atomic E-state index is 11.6. The summed E-state index contributed by atoms with van der Waals surface area (Å²) < 4.78 is 5.47. The van der Waals surface area contributed by atoms with E-state index in [1.54, 1.807) is 17.6 Å². The summed E-state index contributed by atoms with van der Waals surface area (Å²) in [5.74, 6) is -0.500. The van der Waals surface area contributed by atoms with E-state index >= 15 is 0 Å². The van der Waals surface area contributed by atoms with Crippen molar-refractivity contribution < 1.29 is 14.7 Å². The number of anilines is 1. The van der Waals surface area contributed by atoms with Crippen LogP contribution in [0.15, 0.2) is 49.0 Å². The molecule has 0 unspecified atom stereocenters. The highest BCUT2D eigenvalue weighted by atomic mass is 16.5. The largest absolute Gasteiger partial charge is 0.379 e. The lowest BCUT2D eigenvalue weighted by Gasteiger charge is -2.28. The third-order valence-corrected chi connectivity index (χ3v) is 6.46. The molecule has 4 rings (SSSR count). The number of hydroxylamine groups is 1. The number of amides is 1. The summed E-state index contributed by atoms with van der Waals surface area (Å²) in [4.78, 5) is 16.5. The van der Waals surface area contributed by atoms with Crippen molar-refractivity contribution in [2.75, 3.05) is 57.4 Å². The van der Waals surface area contributed by atoms with Gasteiger partial charge in [0.1, 0.15) is 0 Å². The van der Waals surface area contributed by atoms with Gasteiger partial charge in [-0.25, -0.2) is 5.48 Å². The highest BCUT2D eigenvalue weighted by Gasteiger charge is 2.17. The SMILES string of the molecule is C=C1CCNCCN(Cc2ccc(C(=O)NO)cc2)c2ccc(CCN3CCOCC3)cc21. The van der Waals surface area contributed by atoms with Crippen molar-refractivity contribution in [3.8, 4) is 0 Å². The first-order valence-electron chi connectivity index (χ1n) is 11.7. The van der Waals surface area contributed by atoms with E-state index in [4.69, 9.17) is 9.94 Å². The van der Waals surface area contributed by atoms with Gasteiger partial charge in [0.25, 0.3) is 5.91 Å². The van der Waals surface area contributed by atoms with E-state index in [0.29, 0.717) is 5.56 Å². The molecule has 176 valence electrons. The molecule has 33 heavy (non-hydrogen) atoms. The molecule has 1 fully saturated rings. The first-order valence-corrected chi connectivity index (χ1v) is 11.7. The molecule has 2 aliphatic heterocycles. The number of ether oxygens (including phenoxy) is 1. The van der Waals surface area contributed by atoms with E-state index in [1.165, 1.54) is 16.8 Å². The number of carbonyl (C=O) groups excluding carboxylic acids is 1. The number of hydrogen-bond donors (Lipinski definition) is 3. The van der Waals surface area contributed by atoms with Gasteiger partial charge in [-0.1, -0.05) is 24.8 Å². The molecule has 7 nitrogen and oxygen atoms in total. The van der Waals surface area contributed by atoms with Crippen LogP contribution in [0, 0.1) is 0 Å². The lowest BCUT2D eigenvalue weighted by molar-refractivity contribution is 0.0384. The molecule has 0 bridgehead atoms. The molecule has 1 amide bonds. The van der Waals surface area contributed by atoms with Crippen molar-refractivity contribution in [2.45, 2.75) is 19.4 Å². The molecule has 7 heteroatoms. The van der Waals surface area contributed by atoms with E-state index in [0.717, 1.165) is 83.0 Å². The van der Waals surface area contributed by atoms with Crippen molar-refractivity contribution in [3.05, 3.63) is 71.3 Å². The van der Waals surface area contributed by atoms with E-state index in [9.17, 15) is 4.79 Å². The zero-order valence-electron chi connectivity index (χ0n) is 19.2. The normalized spacial score (nSPS) is 17.6. The Morgan fingerprint density at radius 2 is 1.82 bits per heavy atom. The van der Waals surface area contributed by atoms with Gasteiger partial charge in [-0.2, -0.15) is 0 Å². The van der Waals surface area contributed by atoms with Crippen LogP contribution in [-0.4, -0.2) is 68.5 Å². The zero-order valence-corrected chi connectivity index (χ0v) is 19.2. The standard InChI is InChI=1S/C26H34N4O3/c1-20-8-10-27-11-13-30(19-22-2-5-23(6-3-22)26(31)28-32)25-7-4-21(18-24(20)25)9-12-29-14-16-33-17-15-29/h2-7,18,27,32H,1,8-17,19H2,(H,28,31). The molecule has 2 aromatic carbocycles. The highest BCUT2D eigenvalue weighted by molar-refractivity contribution is 5.93. The third-order valence-electron chi connectivity index (χ3n) is 6.46. The molecule has 2 heterocycles. The monoisotopic (exact) mass is 450 g/mol. The van der Waals surface area contributed by atoms with Gasteiger partial charge < -0.3 is 15.0 Å². The molecule has 0 spiro atoms. The Balaban J connectivity index is 1.53. The fourth-order valence-corrected chi connectivity index (χ4v) is 4.45. The van der Waals surface area contributed by atoms with Crippen LogP contribution in [0.1, 0.15) is 33.5 Å². The average molecular weight is 451 g/mol. The molecular weight excluding hydrogens is 416 g/mol. The van der Waals surface area contributed by atoms with E-state index in [2.05, 4.69) is 39.9 Å². The summed E-state index contributed by atoms with van der Waals surface area (Å²) in [6, 6.07) is 14.2. The van der Waals surface area contributed by atoms with Crippen molar-refractivity contribution >= 4 is 17.2 Å². The van der Waals surface area contributed by atoms with E-state index < -0.39 is 5.91 Å². The third kappa shape index (κ3) is 6.21. The highest BCUT2D eigenvalue weighted by Crippen LogP contribution is 2.31. The number of nitrogens with one attached hydrogen (secondary N) is 2. The van der Waals surface area contributed by atoms with Crippen molar-refractivity contribution in [3.63, 3.8) is 0 Å². The van der Waals surface area contributed by atoms with Crippen LogP contribution in [-0.2, 0) is 17.7 Å². The molecule has 0 radical (unpaired) electrons. The first-order chi connectivity index (χ1) is 16.1. The predicted octanol–water partition coefficient (Wildman–Crippen LogP) is 2.69. The van der Waals surface area contributed by atoms with Crippen LogP contribution in [0.3, 0.4) is 0 Å². The average Bonchev–Trinajstić information content (AvgIpc) is 2.93. The second kappa shape index (κ2) is 11.4. The molecular formula is C26H34N4O3. The Hall–Kier alpha value is -2.71. The maximum absolute atomic E-state index is 11.6. The number of nitrogens with zero attached hydrogens (tertiary/aromatic N) is 2. The summed E-state index contributed by atoms with van der Waals surface area (Å²) in [6.07, 6.45) is 1.95. The van der Waals surface area contributed by atoms with Gasteiger partial charge in [0.15, 0.2) is 0 Å². The van der Waals surface area contributed by atoms with Crippen molar-refractivity contribution in [1.82, 2.24) is 15.7 Å². The van der Waals surface area contributed by atoms with Gasteiger partial charge >= 0.3 is 0 Å². The number of rotatable bonds is 6. The summed E-state index contributed by atoms with van der Waals surface area (Å²) in [7, 11) is 0. The lowest BCUT2D eigenvalue weighted by atomic mass is 9.97. The van der Waals surface area contributed by atoms with Crippen LogP contribution in [0.25, 0.3) is 5.57 Å². The van der Waals surface area contributed by atoms with Crippen LogP contribution in [0.5, 0.6) is 0 Å². The Kier molecular flexibility index (Phi) is 8.12. The molecule has 1 saturated heterocycles. The van der Waals surface area contributed by atoms with Gasteiger partial charge in [-0.15, -0.1) is 0 Å². The summed E-state index contributed by atoms with van der Waals surface area (Å²) in [5.41, 5.74) is 8.16. The smallest absolute Gasteiger partial charge is 0.274 e. The number of benzene rings is 2. The zero-order chi connectivity index (χ0) is 23.0. The van der Waals surface area contributed by atoms with Crippen LogP contribution < -0.4 is 15.7 Å². The Morgan fingerprint density at radius 3 is 2.58 bits per heavy atom. The first kappa shape index (κ1) is 23.4. The van der Waals surface area contributed by atoms with Gasteiger partial charge in [0.05, 0.1) is 13.2 Å². The van der Waals surface area contributed by atoms with Gasteiger partial charge in [-0.05, 0) is 60.4 Å². The fraction of sp³-hybridized carbons (Fsp3) is 0.423. The molecule has 0 saturated carbocycles. The minimum atomic E-state index is -0.500. The molecule has 0 aliphatic carbocycles. The lowest BCUT2D eigenvalue weighted by Crippen LogP contribution is -2.37. The fourth-order valence-electron chi connectivity index (χ4n) is 4.45. The number of morpholine rings is 1. The Bertz CT molecular complexity index is 955. The molecule has 0 atom stereocenters. The second-order valence-corrected chi connectivity index (χ2v) is 8.72. The number of fused-ring (bicyclic) bond motifs is 1. The molecule has 0 aromatic heterocycles. The van der Waals surface area contributed by atoms with E-state index in [-0.39, 0.29) is 0 Å². The Morgan fingerprint density at radius 1 is 1.06 bits per heavy atom. The predicted molar refractivity (Wildman–Crippen MR) is 131 cm³/mol. The molecule has 3 N–H and O–H groups in total. The van der Waals surface area contributed by atoms with Crippen molar-refractivity contribution in [2.24, 2.45) is 0 Å². The molecule has 2 aromatic rings.